The minimum atomic E-state index is -0.726. The molecule has 1 atom stereocenters. The number of halogens is 1. The number of nitrogens with zero attached hydrogens (tertiary/aromatic N) is 4. The van der Waals surface area contributed by atoms with Crippen molar-refractivity contribution in [1.29, 1.82) is 0 Å². The molecule has 0 bridgehead atoms. The maximum Gasteiger partial charge on any atom is 0.297 e. The molecule has 2 aliphatic rings. The minimum absolute atomic E-state index is 0.000827. The van der Waals surface area contributed by atoms with Crippen molar-refractivity contribution in [3.63, 3.8) is 0 Å². The lowest BCUT2D eigenvalue weighted by Crippen LogP contribution is -2.45. The Morgan fingerprint density at radius 2 is 2.00 bits per heavy atom. The van der Waals surface area contributed by atoms with Crippen molar-refractivity contribution in [2.45, 2.75) is 35.2 Å². The van der Waals surface area contributed by atoms with Crippen LogP contribution in [0.15, 0.2) is 52.6 Å². The van der Waals surface area contributed by atoms with E-state index in [0.717, 1.165) is 19.3 Å². The zero-order valence-corrected chi connectivity index (χ0v) is 19.8. The lowest BCUT2D eigenvalue weighted by atomic mass is 9.73. The fourth-order valence-corrected chi connectivity index (χ4v) is 5.97. The van der Waals surface area contributed by atoms with E-state index in [2.05, 4.69) is 33.2 Å². The first-order valence-electron chi connectivity index (χ1n) is 10.9. The molecule has 11 heteroatoms. The molecular formula is C23H24ClN7O2S. The normalized spacial score (nSPS) is 18.7. The van der Waals surface area contributed by atoms with Gasteiger partial charge < -0.3 is 16.4 Å². The number of nitrogen functional groups attached to an aromatic ring is 1. The Balaban J connectivity index is 1.38. The third-order valence-electron chi connectivity index (χ3n) is 6.79. The van der Waals surface area contributed by atoms with Crippen LogP contribution >= 0.6 is 23.4 Å². The van der Waals surface area contributed by atoms with Gasteiger partial charge in [-0.25, -0.2) is 20.4 Å². The summed E-state index contributed by atoms with van der Waals surface area (Å²) in [6.07, 6.45) is 5.82. The number of nitrogens with one attached hydrogen (secondary N) is 1. The van der Waals surface area contributed by atoms with E-state index in [1.165, 1.54) is 22.9 Å². The van der Waals surface area contributed by atoms with Crippen LogP contribution in [0.2, 0.25) is 5.02 Å². The molecule has 6 N–H and O–H groups in total. The number of fused-ring (bicyclic) bond motifs is 1. The second kappa shape index (κ2) is 9.03. The molecule has 0 saturated carbocycles. The molecule has 1 saturated heterocycles. The molecule has 1 spiro atoms. The van der Waals surface area contributed by atoms with E-state index >= 15 is 0 Å². The third-order valence-corrected chi connectivity index (χ3v) is 8.27. The zero-order valence-electron chi connectivity index (χ0n) is 18.2. The van der Waals surface area contributed by atoms with Crippen LogP contribution in [0, 0.1) is 5.41 Å². The third kappa shape index (κ3) is 3.96. The number of carbonyl (C=O) groups excluding carboxylic acids is 1. The smallest absolute Gasteiger partial charge is 0.297 e. The number of carbonyl (C=O) groups is 1. The number of nitrogens with two attached hydrogens (primary N) is 2. The Kier molecular flexibility index (Phi) is 6.07. The topological polar surface area (TPSA) is 143 Å². The predicted octanol–water partition coefficient (Wildman–Crippen LogP) is 3.22. The Bertz CT molecular complexity index is 1250. The number of anilines is 2. The molecule has 3 heterocycles. The van der Waals surface area contributed by atoms with Gasteiger partial charge >= 0.3 is 0 Å². The van der Waals surface area contributed by atoms with Crippen molar-refractivity contribution in [3.05, 3.63) is 64.6 Å². The molecule has 0 unspecified atom stereocenters. The maximum absolute atomic E-state index is 12.5. The standard InChI is InChI=1S/C23H24ClN7O2S/c24-17-15(5-8-27-20(17)26)34-16-12-28-21(18(29-16)22(32)30-33)31-9-6-23(7-10-31)11-13-3-1-2-4-14(13)19(23)25/h1-5,8,12,19,33H,6-7,9-11,25H2,(H2,26,27)(H,30,32)/t19-/m1/s1. The van der Waals surface area contributed by atoms with Crippen LogP contribution in [-0.2, 0) is 6.42 Å². The van der Waals surface area contributed by atoms with E-state index in [1.807, 2.05) is 11.0 Å². The van der Waals surface area contributed by atoms with Crippen LogP contribution in [0.25, 0.3) is 0 Å². The number of pyridine rings is 1. The first kappa shape index (κ1) is 22.9. The van der Waals surface area contributed by atoms with Gasteiger partial charge in [0, 0.05) is 30.2 Å². The molecule has 9 nitrogen and oxygen atoms in total. The first-order valence-corrected chi connectivity index (χ1v) is 12.1. The number of piperidine rings is 1. The highest BCUT2D eigenvalue weighted by atomic mass is 35.5. The minimum Gasteiger partial charge on any atom is -0.382 e. The zero-order chi connectivity index (χ0) is 23.9. The van der Waals surface area contributed by atoms with Gasteiger partial charge in [-0.2, -0.15) is 0 Å². The van der Waals surface area contributed by atoms with Gasteiger partial charge in [-0.3, -0.25) is 10.0 Å². The van der Waals surface area contributed by atoms with Gasteiger partial charge in [0.1, 0.15) is 10.8 Å². The number of benzene rings is 1. The van der Waals surface area contributed by atoms with Gasteiger partial charge in [0.2, 0.25) is 0 Å². The van der Waals surface area contributed by atoms with Crippen molar-refractivity contribution in [2.24, 2.45) is 11.1 Å². The van der Waals surface area contributed by atoms with Gasteiger partial charge in [0.05, 0.1) is 11.2 Å². The molecule has 1 aliphatic carbocycles. The highest BCUT2D eigenvalue weighted by Crippen LogP contribution is 2.51. The molecule has 0 radical (unpaired) electrons. The fourth-order valence-electron chi connectivity index (χ4n) is 4.95. The average molecular weight is 498 g/mol. The Morgan fingerprint density at radius 3 is 2.74 bits per heavy atom. The summed E-state index contributed by atoms with van der Waals surface area (Å²) in [7, 11) is 0. The molecule has 176 valence electrons. The monoisotopic (exact) mass is 497 g/mol. The largest absolute Gasteiger partial charge is 0.382 e. The molecule has 34 heavy (non-hydrogen) atoms. The quantitative estimate of drug-likeness (QED) is 0.315. The molecule has 2 aromatic heterocycles. The lowest BCUT2D eigenvalue weighted by molar-refractivity contribution is 0.0700. The molecule has 1 aliphatic heterocycles. The van der Waals surface area contributed by atoms with Crippen molar-refractivity contribution in [2.75, 3.05) is 23.7 Å². The van der Waals surface area contributed by atoms with E-state index in [4.69, 9.17) is 23.1 Å². The Labute approximate surface area is 205 Å². The number of amides is 1. The summed E-state index contributed by atoms with van der Waals surface area (Å²) in [5, 5.41) is 10.1. The lowest BCUT2D eigenvalue weighted by Gasteiger charge is -2.42. The summed E-state index contributed by atoms with van der Waals surface area (Å²) in [5.41, 5.74) is 16.7. The van der Waals surface area contributed by atoms with E-state index in [0.29, 0.717) is 33.9 Å². The molecule has 3 aromatic rings. The van der Waals surface area contributed by atoms with E-state index in [1.54, 1.807) is 23.9 Å². The number of hydrogen-bond donors (Lipinski definition) is 4. The highest BCUT2D eigenvalue weighted by molar-refractivity contribution is 7.99. The highest BCUT2D eigenvalue weighted by Gasteiger charge is 2.46. The number of aromatic nitrogens is 3. The van der Waals surface area contributed by atoms with Crippen LogP contribution in [0.1, 0.15) is 40.5 Å². The second-order valence-electron chi connectivity index (χ2n) is 8.63. The Hall–Kier alpha value is -2.92. The summed E-state index contributed by atoms with van der Waals surface area (Å²) in [6.45, 7) is 1.36. The van der Waals surface area contributed by atoms with Crippen molar-refractivity contribution >= 4 is 40.9 Å². The van der Waals surface area contributed by atoms with Gasteiger partial charge in [0.25, 0.3) is 5.91 Å². The fraction of sp³-hybridized carbons (Fsp3) is 0.304. The van der Waals surface area contributed by atoms with Crippen molar-refractivity contribution in [1.82, 2.24) is 20.4 Å². The van der Waals surface area contributed by atoms with Crippen LogP contribution < -0.4 is 21.8 Å². The van der Waals surface area contributed by atoms with E-state index in [9.17, 15) is 10.0 Å². The SMILES string of the molecule is Nc1nccc(Sc2cnc(N3CCC4(CC3)Cc3ccccc3[C@H]4N)c(C(=O)NO)n2)c1Cl. The number of hydrogen-bond acceptors (Lipinski definition) is 9. The van der Waals surface area contributed by atoms with Crippen molar-refractivity contribution < 1.29 is 10.0 Å². The van der Waals surface area contributed by atoms with Crippen molar-refractivity contribution in [3.8, 4) is 0 Å². The molecule has 1 amide bonds. The maximum atomic E-state index is 12.5. The van der Waals surface area contributed by atoms with Gasteiger partial charge in [0.15, 0.2) is 11.5 Å². The first-order chi connectivity index (χ1) is 16.4. The molecule has 5 rings (SSSR count). The van der Waals surface area contributed by atoms with Crippen LogP contribution in [0.4, 0.5) is 11.6 Å². The second-order valence-corrected chi connectivity index (χ2v) is 10.1. The summed E-state index contributed by atoms with van der Waals surface area (Å²) < 4.78 is 0. The van der Waals surface area contributed by atoms with Gasteiger partial charge in [-0.1, -0.05) is 47.6 Å². The summed E-state index contributed by atoms with van der Waals surface area (Å²) >= 11 is 7.45. The van der Waals surface area contributed by atoms with Crippen LogP contribution in [0.3, 0.4) is 0 Å². The number of rotatable bonds is 4. The summed E-state index contributed by atoms with van der Waals surface area (Å²) in [4.78, 5) is 28.1. The van der Waals surface area contributed by atoms with E-state index < -0.39 is 5.91 Å². The van der Waals surface area contributed by atoms with E-state index in [-0.39, 0.29) is 23.0 Å². The average Bonchev–Trinajstić information content (AvgIpc) is 3.13. The summed E-state index contributed by atoms with van der Waals surface area (Å²) in [6, 6.07) is 10.1. The molecule has 1 aromatic carbocycles. The summed E-state index contributed by atoms with van der Waals surface area (Å²) in [5.74, 6) is -0.0928. The number of hydroxylamine groups is 1. The molecule has 1 fully saturated rings. The van der Waals surface area contributed by atoms with Gasteiger partial charge in [-0.05, 0) is 41.9 Å². The molecular weight excluding hydrogens is 474 g/mol. The van der Waals surface area contributed by atoms with Crippen LogP contribution in [-0.4, -0.2) is 39.2 Å². The Morgan fingerprint density at radius 1 is 1.24 bits per heavy atom. The van der Waals surface area contributed by atoms with Crippen LogP contribution in [0.5, 0.6) is 0 Å². The predicted molar refractivity (Wildman–Crippen MR) is 130 cm³/mol. The van der Waals surface area contributed by atoms with Gasteiger partial charge in [-0.15, -0.1) is 0 Å².